The Kier molecular flexibility index (Phi) is 3.09. The Morgan fingerprint density at radius 1 is 1.50 bits per heavy atom. The second-order valence-corrected chi connectivity index (χ2v) is 3.72. The highest BCUT2D eigenvalue weighted by atomic mass is 35.5. The molecule has 5 N–H and O–H groups in total. The summed E-state index contributed by atoms with van der Waals surface area (Å²) in [6.07, 6.45) is 4.64. The molecule has 6 heteroatoms. The Labute approximate surface area is 97.4 Å². The van der Waals surface area contributed by atoms with Crippen molar-refractivity contribution in [1.29, 1.82) is 0 Å². The van der Waals surface area contributed by atoms with Crippen LogP contribution in [0.3, 0.4) is 0 Å². The summed E-state index contributed by atoms with van der Waals surface area (Å²) in [6.45, 7) is 0. The van der Waals surface area contributed by atoms with Gasteiger partial charge in [0.1, 0.15) is 5.82 Å². The van der Waals surface area contributed by atoms with Gasteiger partial charge in [-0.2, -0.15) is 0 Å². The van der Waals surface area contributed by atoms with Crippen molar-refractivity contribution in [2.75, 3.05) is 5.73 Å². The van der Waals surface area contributed by atoms with E-state index in [0.29, 0.717) is 10.8 Å². The fourth-order valence-electron chi connectivity index (χ4n) is 1.50. The summed E-state index contributed by atoms with van der Waals surface area (Å²) in [5, 5.41) is 0.507. The lowest BCUT2D eigenvalue weighted by atomic mass is 10.0. The first-order valence-corrected chi connectivity index (χ1v) is 4.99. The molecule has 2 heterocycles. The number of furan rings is 1. The molecule has 0 radical (unpaired) electrons. The minimum Gasteiger partial charge on any atom is -0.472 e. The average molecular weight is 239 g/mol. The van der Waals surface area contributed by atoms with Crippen LogP contribution in [0.15, 0.2) is 35.3 Å². The third-order valence-electron chi connectivity index (χ3n) is 2.27. The summed E-state index contributed by atoms with van der Waals surface area (Å²) in [6, 6.07) is 3.23. The quantitative estimate of drug-likeness (QED) is 0.556. The van der Waals surface area contributed by atoms with Crippen molar-refractivity contribution in [2.45, 2.75) is 6.04 Å². The third kappa shape index (κ3) is 2.01. The number of nitrogen functional groups attached to an aromatic ring is 1. The van der Waals surface area contributed by atoms with Crippen LogP contribution in [-0.4, -0.2) is 4.98 Å². The van der Waals surface area contributed by atoms with Gasteiger partial charge in [0, 0.05) is 17.3 Å². The zero-order valence-corrected chi connectivity index (χ0v) is 9.11. The van der Waals surface area contributed by atoms with Gasteiger partial charge < -0.3 is 10.2 Å². The molecule has 5 nitrogen and oxygen atoms in total. The Morgan fingerprint density at radius 3 is 2.94 bits per heavy atom. The highest BCUT2D eigenvalue weighted by molar-refractivity contribution is 6.30. The molecule has 16 heavy (non-hydrogen) atoms. The van der Waals surface area contributed by atoms with Crippen LogP contribution in [0.5, 0.6) is 0 Å². The number of nitrogens with two attached hydrogens (primary N) is 2. The predicted molar refractivity (Wildman–Crippen MR) is 61.5 cm³/mol. The zero-order chi connectivity index (χ0) is 11.5. The van der Waals surface area contributed by atoms with Crippen molar-refractivity contribution in [3.05, 3.63) is 47.0 Å². The van der Waals surface area contributed by atoms with Crippen molar-refractivity contribution in [3.8, 4) is 0 Å². The minimum atomic E-state index is -0.287. The fraction of sp³-hybridized carbons (Fsp3) is 0.100. The number of rotatable bonds is 3. The molecule has 1 atom stereocenters. The zero-order valence-electron chi connectivity index (χ0n) is 8.35. The van der Waals surface area contributed by atoms with E-state index in [1.165, 1.54) is 6.20 Å². The average Bonchev–Trinajstić information content (AvgIpc) is 2.78. The van der Waals surface area contributed by atoms with E-state index >= 15 is 0 Å². The van der Waals surface area contributed by atoms with Gasteiger partial charge in [-0.3, -0.25) is 5.84 Å². The molecule has 0 saturated heterocycles. The summed E-state index contributed by atoms with van der Waals surface area (Å²) in [5.74, 6) is 5.88. The van der Waals surface area contributed by atoms with E-state index in [0.717, 1.165) is 11.1 Å². The summed E-state index contributed by atoms with van der Waals surface area (Å²) in [7, 11) is 0. The van der Waals surface area contributed by atoms with Crippen molar-refractivity contribution < 1.29 is 4.42 Å². The molecule has 2 aromatic rings. The first kappa shape index (κ1) is 10.9. The van der Waals surface area contributed by atoms with Gasteiger partial charge >= 0.3 is 0 Å². The Morgan fingerprint density at radius 2 is 2.31 bits per heavy atom. The van der Waals surface area contributed by atoms with Gasteiger partial charge in [-0.25, -0.2) is 10.4 Å². The molecule has 0 spiro atoms. The standard InChI is InChI=1S/C10H11ClN4O/c11-7-3-8(10(12)14-4-7)9(15-13)6-1-2-16-5-6/h1-5,9,15H,13H2,(H2,12,14). The number of hydrogen-bond donors (Lipinski definition) is 3. The van der Waals surface area contributed by atoms with E-state index in [9.17, 15) is 0 Å². The molecule has 0 fully saturated rings. The maximum absolute atomic E-state index is 5.87. The molecule has 0 aliphatic rings. The van der Waals surface area contributed by atoms with Gasteiger partial charge in [0.05, 0.1) is 23.6 Å². The largest absolute Gasteiger partial charge is 0.472 e. The van der Waals surface area contributed by atoms with Crippen molar-refractivity contribution in [3.63, 3.8) is 0 Å². The monoisotopic (exact) mass is 238 g/mol. The van der Waals surface area contributed by atoms with Gasteiger partial charge in [0.2, 0.25) is 0 Å². The maximum Gasteiger partial charge on any atom is 0.128 e. The molecule has 2 aromatic heterocycles. The summed E-state index contributed by atoms with van der Waals surface area (Å²) in [5.41, 5.74) is 10.0. The molecule has 2 rings (SSSR count). The van der Waals surface area contributed by atoms with E-state index < -0.39 is 0 Å². The van der Waals surface area contributed by atoms with Gasteiger partial charge in [0.15, 0.2) is 0 Å². The molecule has 0 aliphatic carbocycles. The molecule has 0 saturated carbocycles. The SMILES string of the molecule is NNC(c1ccoc1)c1cc(Cl)cnc1N. The second-order valence-electron chi connectivity index (χ2n) is 3.28. The van der Waals surface area contributed by atoms with E-state index in [4.69, 9.17) is 27.6 Å². The van der Waals surface area contributed by atoms with Gasteiger partial charge in [-0.1, -0.05) is 11.6 Å². The second kappa shape index (κ2) is 4.52. The summed E-state index contributed by atoms with van der Waals surface area (Å²) in [4.78, 5) is 3.98. The summed E-state index contributed by atoms with van der Waals surface area (Å²) < 4.78 is 5.00. The van der Waals surface area contributed by atoms with E-state index in [-0.39, 0.29) is 6.04 Å². The number of pyridine rings is 1. The van der Waals surface area contributed by atoms with Crippen molar-refractivity contribution in [1.82, 2.24) is 10.4 Å². The molecule has 0 aliphatic heterocycles. The van der Waals surface area contributed by atoms with Crippen LogP contribution in [0, 0.1) is 0 Å². The maximum atomic E-state index is 5.87. The van der Waals surface area contributed by atoms with Crippen LogP contribution >= 0.6 is 11.6 Å². The normalized spacial score (nSPS) is 12.6. The highest BCUT2D eigenvalue weighted by Crippen LogP contribution is 2.27. The van der Waals surface area contributed by atoms with Gasteiger partial charge in [-0.15, -0.1) is 0 Å². The Hall–Kier alpha value is -1.56. The number of aromatic nitrogens is 1. The Bertz CT molecular complexity index is 472. The van der Waals surface area contributed by atoms with Crippen LogP contribution in [-0.2, 0) is 0 Å². The number of halogens is 1. The fourth-order valence-corrected chi connectivity index (χ4v) is 1.67. The van der Waals surface area contributed by atoms with Gasteiger partial charge in [0.25, 0.3) is 0 Å². The number of hydrogen-bond acceptors (Lipinski definition) is 5. The van der Waals surface area contributed by atoms with Gasteiger partial charge in [-0.05, 0) is 12.1 Å². The number of nitrogens with zero attached hydrogens (tertiary/aromatic N) is 1. The minimum absolute atomic E-state index is 0.287. The molecule has 0 bridgehead atoms. The summed E-state index contributed by atoms with van der Waals surface area (Å²) >= 11 is 5.87. The van der Waals surface area contributed by atoms with Crippen LogP contribution in [0.4, 0.5) is 5.82 Å². The highest BCUT2D eigenvalue weighted by Gasteiger charge is 2.17. The smallest absolute Gasteiger partial charge is 0.128 e. The number of nitrogens with one attached hydrogen (secondary N) is 1. The Balaban J connectivity index is 2.44. The number of hydrazine groups is 1. The lowest BCUT2D eigenvalue weighted by Crippen LogP contribution is -2.29. The topological polar surface area (TPSA) is 90.1 Å². The van der Waals surface area contributed by atoms with Crippen molar-refractivity contribution in [2.24, 2.45) is 5.84 Å². The van der Waals surface area contributed by atoms with E-state index in [2.05, 4.69) is 10.4 Å². The molecule has 84 valence electrons. The molecule has 1 unspecified atom stereocenters. The first-order valence-electron chi connectivity index (χ1n) is 4.61. The van der Waals surface area contributed by atoms with Crippen LogP contribution in [0.25, 0.3) is 0 Å². The first-order chi connectivity index (χ1) is 7.72. The van der Waals surface area contributed by atoms with E-state index in [1.54, 1.807) is 24.7 Å². The van der Waals surface area contributed by atoms with Crippen LogP contribution < -0.4 is 17.0 Å². The molecular weight excluding hydrogens is 228 g/mol. The molecule has 0 amide bonds. The molecule has 0 aromatic carbocycles. The van der Waals surface area contributed by atoms with Crippen LogP contribution in [0.1, 0.15) is 17.2 Å². The molecular formula is C10H11ClN4O. The lowest BCUT2D eigenvalue weighted by molar-refractivity contribution is 0.553. The van der Waals surface area contributed by atoms with Crippen LogP contribution in [0.2, 0.25) is 5.02 Å². The predicted octanol–water partition coefficient (Wildman–Crippen LogP) is 1.46. The number of anilines is 1. The third-order valence-corrected chi connectivity index (χ3v) is 2.48. The van der Waals surface area contributed by atoms with E-state index in [1.807, 2.05) is 0 Å². The van der Waals surface area contributed by atoms with Crippen molar-refractivity contribution >= 4 is 17.4 Å². The lowest BCUT2D eigenvalue weighted by Gasteiger charge is -2.16.